The first-order valence-corrected chi connectivity index (χ1v) is 13.9. The van der Waals surface area contributed by atoms with Crippen molar-refractivity contribution in [3.05, 3.63) is 32.7 Å². The van der Waals surface area contributed by atoms with Crippen LogP contribution >= 0.6 is 22.7 Å². The van der Waals surface area contributed by atoms with Crippen LogP contribution in [0.5, 0.6) is 5.19 Å². The number of nitrogens with two attached hydrogens (primary N) is 1. The molecule has 2 aromatic rings. The monoisotopic (exact) mass is 528 g/mol. The van der Waals surface area contributed by atoms with Crippen molar-refractivity contribution in [1.29, 1.82) is 0 Å². The first kappa shape index (κ1) is 29.5. The number of hydrogen-bond acceptors (Lipinski definition) is 8. The molecule has 35 heavy (non-hydrogen) atoms. The summed E-state index contributed by atoms with van der Waals surface area (Å²) in [5, 5.41) is 1.43. The van der Waals surface area contributed by atoms with E-state index in [4.69, 9.17) is 4.74 Å². The average Bonchev–Trinajstić information content (AvgIpc) is 3.43. The Morgan fingerprint density at radius 3 is 2.60 bits per heavy atom. The molecule has 1 saturated carbocycles. The first-order chi connectivity index (χ1) is 17.0. The van der Waals surface area contributed by atoms with E-state index >= 15 is 0 Å². The molecule has 0 spiro atoms. The minimum Gasteiger partial charge on any atom is -0.464 e. The Hall–Kier alpha value is -1.75. The van der Waals surface area contributed by atoms with Crippen LogP contribution in [-0.4, -0.2) is 60.9 Å². The average molecular weight is 529 g/mol. The highest BCUT2D eigenvalue weighted by atomic mass is 32.1. The Morgan fingerprint density at radius 1 is 1.20 bits per heavy atom. The number of ether oxygens (including phenoxy) is 1. The van der Waals surface area contributed by atoms with E-state index in [1.807, 2.05) is 6.92 Å². The van der Waals surface area contributed by atoms with Gasteiger partial charge in [-0.15, -0.1) is 11.3 Å². The standard InChI is InChI=1S/C17H26F2N2OS.C7H7NOS.CH5N/c18-16(19)12-22-17-20-14-7-10-21(11-8-15(14)23-17)9-6-13-4-2-1-3-5-13;1-6-8-5-7(10-6)3-2-4-9;1-2/h13,16H,1-12H2;2-5H,1H3;2H2,1H3/b;3-2+;. The Labute approximate surface area is 215 Å². The van der Waals surface area contributed by atoms with Crippen molar-refractivity contribution in [2.24, 2.45) is 11.7 Å². The van der Waals surface area contributed by atoms with E-state index in [0.29, 0.717) is 5.19 Å². The second-order valence-electron chi connectivity index (χ2n) is 8.46. The SMILES string of the molecule is CN.Cc1ncc(/C=C/C=O)s1.FC(F)COc1nc2c(s1)CCN(CCC1CCCCC1)CC2. The predicted molar refractivity (Wildman–Crippen MR) is 141 cm³/mol. The van der Waals surface area contributed by atoms with Crippen LogP contribution in [0.2, 0.25) is 0 Å². The molecule has 1 aliphatic heterocycles. The number of nitrogens with zero attached hydrogens (tertiary/aromatic N) is 3. The third-order valence-electron chi connectivity index (χ3n) is 5.97. The molecule has 0 unspecified atom stereocenters. The van der Waals surface area contributed by atoms with Crippen molar-refractivity contribution in [1.82, 2.24) is 14.9 Å². The zero-order valence-electron chi connectivity index (χ0n) is 20.8. The zero-order chi connectivity index (χ0) is 25.5. The molecule has 1 aliphatic carbocycles. The van der Waals surface area contributed by atoms with E-state index in [1.165, 1.54) is 74.4 Å². The van der Waals surface area contributed by atoms with Gasteiger partial charge in [-0.1, -0.05) is 43.4 Å². The van der Waals surface area contributed by atoms with Crippen molar-refractivity contribution >= 4 is 35.0 Å². The fourth-order valence-corrected chi connectivity index (χ4v) is 5.89. The van der Waals surface area contributed by atoms with Gasteiger partial charge < -0.3 is 15.4 Å². The highest BCUT2D eigenvalue weighted by Crippen LogP contribution is 2.30. The minimum absolute atomic E-state index is 0.408. The molecule has 0 radical (unpaired) electrons. The number of aryl methyl sites for hydroxylation is 1. The van der Waals surface area contributed by atoms with Gasteiger partial charge in [-0.2, -0.15) is 0 Å². The van der Waals surface area contributed by atoms with E-state index in [9.17, 15) is 13.6 Å². The van der Waals surface area contributed by atoms with Gasteiger partial charge in [-0.25, -0.2) is 18.7 Å². The van der Waals surface area contributed by atoms with Gasteiger partial charge in [0.05, 0.1) is 10.7 Å². The third-order valence-corrected chi connectivity index (χ3v) is 7.92. The molecule has 10 heteroatoms. The van der Waals surface area contributed by atoms with Crippen LogP contribution in [0.4, 0.5) is 8.78 Å². The van der Waals surface area contributed by atoms with Crippen molar-refractivity contribution in [3.8, 4) is 5.19 Å². The molecule has 2 aliphatic rings. The summed E-state index contributed by atoms with van der Waals surface area (Å²) < 4.78 is 29.5. The molecule has 196 valence electrons. The second kappa shape index (κ2) is 16.8. The van der Waals surface area contributed by atoms with Gasteiger partial charge in [-0.3, -0.25) is 4.79 Å². The molecule has 2 N–H and O–H groups in total. The Kier molecular flexibility index (Phi) is 14.2. The molecule has 1 fully saturated rings. The quantitative estimate of drug-likeness (QED) is 0.365. The van der Waals surface area contributed by atoms with Crippen molar-refractivity contribution in [2.75, 3.05) is 33.3 Å². The fourth-order valence-electron chi connectivity index (χ4n) is 4.24. The molecular weight excluding hydrogens is 490 g/mol. The van der Waals surface area contributed by atoms with Gasteiger partial charge in [0.2, 0.25) is 0 Å². The second-order valence-corrected chi connectivity index (χ2v) is 10.8. The van der Waals surface area contributed by atoms with Gasteiger partial charge in [0.25, 0.3) is 11.6 Å². The molecular formula is C25H38F2N4O2S2. The summed E-state index contributed by atoms with van der Waals surface area (Å²) in [4.78, 5) is 23.1. The Morgan fingerprint density at radius 2 is 1.94 bits per heavy atom. The number of allylic oxidation sites excluding steroid dienone is 1. The van der Waals surface area contributed by atoms with Crippen LogP contribution in [-0.2, 0) is 17.6 Å². The number of rotatable bonds is 8. The lowest BCUT2D eigenvalue weighted by Crippen LogP contribution is -2.29. The maximum Gasteiger partial charge on any atom is 0.273 e. The van der Waals surface area contributed by atoms with Gasteiger partial charge in [-0.05, 0) is 51.4 Å². The van der Waals surface area contributed by atoms with E-state index in [0.717, 1.165) is 53.7 Å². The topological polar surface area (TPSA) is 81.3 Å². The molecule has 0 bridgehead atoms. The lowest BCUT2D eigenvalue weighted by Gasteiger charge is -2.26. The van der Waals surface area contributed by atoms with Gasteiger partial charge in [0.15, 0.2) is 6.61 Å². The molecule has 0 aromatic carbocycles. The molecule has 3 heterocycles. The number of aromatic nitrogens is 2. The summed E-state index contributed by atoms with van der Waals surface area (Å²) >= 11 is 3.02. The lowest BCUT2D eigenvalue weighted by molar-refractivity contribution is -0.104. The molecule has 4 rings (SSSR count). The number of aldehydes is 1. The Bertz CT molecular complexity index is 857. The summed E-state index contributed by atoms with van der Waals surface area (Å²) in [6, 6.07) is 0. The largest absolute Gasteiger partial charge is 0.464 e. The molecule has 2 aromatic heterocycles. The van der Waals surface area contributed by atoms with Crippen LogP contribution in [0.1, 0.15) is 59.0 Å². The van der Waals surface area contributed by atoms with Crippen molar-refractivity contribution < 1.29 is 18.3 Å². The summed E-state index contributed by atoms with van der Waals surface area (Å²) in [7, 11) is 1.50. The summed E-state index contributed by atoms with van der Waals surface area (Å²) in [6.07, 6.45) is 13.5. The van der Waals surface area contributed by atoms with Crippen LogP contribution in [0.25, 0.3) is 6.08 Å². The Balaban J connectivity index is 0.000000302. The van der Waals surface area contributed by atoms with Gasteiger partial charge in [0, 0.05) is 35.5 Å². The molecule has 0 amide bonds. The maximum absolute atomic E-state index is 12.2. The predicted octanol–water partition coefficient (Wildman–Crippen LogP) is 5.40. The maximum atomic E-state index is 12.2. The number of hydrogen-bond donors (Lipinski definition) is 1. The first-order valence-electron chi connectivity index (χ1n) is 12.3. The summed E-state index contributed by atoms with van der Waals surface area (Å²) in [5.41, 5.74) is 5.56. The van der Waals surface area contributed by atoms with E-state index in [2.05, 4.69) is 20.6 Å². The van der Waals surface area contributed by atoms with Gasteiger partial charge in [0.1, 0.15) is 6.29 Å². The van der Waals surface area contributed by atoms with Crippen LogP contribution < -0.4 is 10.5 Å². The van der Waals surface area contributed by atoms with Crippen molar-refractivity contribution in [3.63, 3.8) is 0 Å². The number of carbonyl (C=O) groups is 1. The minimum atomic E-state index is -2.44. The van der Waals surface area contributed by atoms with Crippen LogP contribution in [0.3, 0.4) is 0 Å². The zero-order valence-corrected chi connectivity index (χ0v) is 22.4. The number of thiazole rings is 2. The smallest absolute Gasteiger partial charge is 0.273 e. The fraction of sp³-hybridized carbons (Fsp3) is 0.640. The number of halogens is 2. The van der Waals surface area contributed by atoms with Crippen molar-refractivity contribution in [2.45, 2.75) is 64.7 Å². The lowest BCUT2D eigenvalue weighted by atomic mass is 9.87. The number of carbonyl (C=O) groups excluding carboxylic acids is 1. The molecule has 0 saturated heterocycles. The number of alkyl halides is 2. The summed E-state index contributed by atoms with van der Waals surface area (Å²) in [6.45, 7) is 4.64. The van der Waals surface area contributed by atoms with E-state index in [-0.39, 0.29) is 0 Å². The summed E-state index contributed by atoms with van der Waals surface area (Å²) in [5.74, 6) is 0.925. The van der Waals surface area contributed by atoms with Gasteiger partial charge >= 0.3 is 0 Å². The van der Waals surface area contributed by atoms with Crippen LogP contribution in [0, 0.1) is 12.8 Å². The highest BCUT2D eigenvalue weighted by molar-refractivity contribution is 7.13. The van der Waals surface area contributed by atoms with E-state index in [1.54, 1.807) is 23.6 Å². The normalized spacial score (nSPS) is 16.6. The molecule has 6 nitrogen and oxygen atoms in total. The van der Waals surface area contributed by atoms with E-state index < -0.39 is 13.0 Å². The van der Waals surface area contributed by atoms with Crippen LogP contribution in [0.15, 0.2) is 12.3 Å². The third kappa shape index (κ3) is 11.2. The molecule has 0 atom stereocenters. The highest BCUT2D eigenvalue weighted by Gasteiger charge is 2.21. The number of fused-ring (bicyclic) bond motifs is 1.